The average molecular weight is 306 g/mol. The first kappa shape index (κ1) is 15.6. The number of ether oxygens (including phenoxy) is 1. The number of nitrogens with two attached hydrogens (primary N) is 1. The van der Waals surface area contributed by atoms with Crippen molar-refractivity contribution in [2.24, 2.45) is 5.73 Å². The van der Waals surface area contributed by atoms with E-state index < -0.39 is 28.5 Å². The van der Waals surface area contributed by atoms with E-state index >= 15 is 0 Å². The zero-order valence-corrected chi connectivity index (χ0v) is 11.8. The zero-order chi connectivity index (χ0) is 14.5. The molecule has 7 nitrogen and oxygen atoms in total. The Hall–Kier alpha value is -1.45. The fraction of sp³-hybridized carbons (Fsp3) is 0.400. The van der Waals surface area contributed by atoms with Crippen LogP contribution < -0.4 is 10.5 Å². The minimum absolute atomic E-state index is 0.259. The van der Waals surface area contributed by atoms with Crippen molar-refractivity contribution in [3.05, 3.63) is 21.9 Å². The summed E-state index contributed by atoms with van der Waals surface area (Å²) in [5, 5.41) is 0. The molecule has 0 bridgehead atoms. The molecule has 0 atom stereocenters. The predicted octanol–water partition coefficient (Wildman–Crippen LogP) is -0.518. The van der Waals surface area contributed by atoms with Gasteiger partial charge in [0.05, 0.1) is 6.26 Å². The Kier molecular flexibility index (Phi) is 5.45. The molecule has 9 heteroatoms. The number of thiophene rings is 1. The van der Waals surface area contributed by atoms with Crippen molar-refractivity contribution < 1.29 is 22.7 Å². The van der Waals surface area contributed by atoms with Crippen molar-refractivity contribution in [1.29, 1.82) is 0 Å². The fourth-order valence-corrected chi connectivity index (χ4v) is 2.56. The molecule has 1 rings (SSSR count). The van der Waals surface area contributed by atoms with E-state index in [2.05, 4.69) is 9.46 Å². The van der Waals surface area contributed by atoms with Gasteiger partial charge in [-0.1, -0.05) is 0 Å². The maximum absolute atomic E-state index is 11.5. The second-order valence-corrected chi connectivity index (χ2v) is 6.73. The highest BCUT2D eigenvalue weighted by atomic mass is 32.2. The second-order valence-electron chi connectivity index (χ2n) is 3.72. The summed E-state index contributed by atoms with van der Waals surface area (Å²) in [6.07, 6.45) is 1.55. The molecule has 0 saturated carbocycles. The van der Waals surface area contributed by atoms with Crippen molar-refractivity contribution in [3.63, 3.8) is 0 Å². The van der Waals surface area contributed by atoms with Crippen LogP contribution in [0.25, 0.3) is 0 Å². The van der Waals surface area contributed by atoms with Crippen LogP contribution in [0.5, 0.6) is 0 Å². The van der Waals surface area contributed by atoms with Gasteiger partial charge in [0.15, 0.2) is 6.61 Å². The lowest BCUT2D eigenvalue weighted by molar-refractivity contribution is -0.121. The van der Waals surface area contributed by atoms with E-state index in [9.17, 15) is 18.0 Å². The van der Waals surface area contributed by atoms with Gasteiger partial charge in [-0.05, 0) is 18.6 Å². The first-order valence-electron chi connectivity index (χ1n) is 5.27. The van der Waals surface area contributed by atoms with Crippen molar-refractivity contribution in [1.82, 2.24) is 4.72 Å². The van der Waals surface area contributed by atoms with Gasteiger partial charge in [-0.3, -0.25) is 4.79 Å². The number of esters is 1. The van der Waals surface area contributed by atoms with E-state index in [1.54, 1.807) is 12.1 Å². The highest BCUT2D eigenvalue weighted by Crippen LogP contribution is 2.17. The summed E-state index contributed by atoms with van der Waals surface area (Å²) in [6, 6.07) is 3.26. The highest BCUT2D eigenvalue weighted by molar-refractivity contribution is 7.88. The third-order valence-corrected chi connectivity index (χ3v) is 3.80. The van der Waals surface area contributed by atoms with Crippen molar-refractivity contribution >= 4 is 33.2 Å². The van der Waals surface area contributed by atoms with Gasteiger partial charge in [-0.2, -0.15) is 0 Å². The molecule has 19 heavy (non-hydrogen) atoms. The number of nitrogens with one attached hydrogen (secondary N) is 1. The Morgan fingerprint density at radius 2 is 2.11 bits per heavy atom. The smallest absolute Gasteiger partial charge is 0.348 e. The molecule has 1 aromatic heterocycles. The molecule has 0 aliphatic heterocycles. The predicted molar refractivity (Wildman–Crippen MR) is 70.3 cm³/mol. The quantitative estimate of drug-likeness (QED) is 0.658. The van der Waals surface area contributed by atoms with Crippen LogP contribution in [0.2, 0.25) is 0 Å². The molecule has 0 spiro atoms. The number of primary amides is 1. The number of rotatable bonds is 7. The molecule has 0 unspecified atom stereocenters. The van der Waals surface area contributed by atoms with Gasteiger partial charge in [0.2, 0.25) is 10.0 Å². The zero-order valence-electron chi connectivity index (χ0n) is 10.2. The van der Waals surface area contributed by atoms with Gasteiger partial charge >= 0.3 is 5.97 Å². The molecular formula is C10H14N2O5S2. The minimum atomic E-state index is -3.21. The summed E-state index contributed by atoms with van der Waals surface area (Å²) in [5.41, 5.74) is 4.85. The Bertz CT molecular complexity index is 564. The van der Waals surface area contributed by atoms with Crippen LogP contribution in [0.1, 0.15) is 14.5 Å². The lowest BCUT2D eigenvalue weighted by Crippen LogP contribution is -2.24. The molecule has 106 valence electrons. The molecule has 1 aromatic rings. The maximum Gasteiger partial charge on any atom is 0.348 e. The molecule has 0 fully saturated rings. The van der Waals surface area contributed by atoms with E-state index in [0.717, 1.165) is 11.1 Å². The molecule has 0 aliphatic carbocycles. The van der Waals surface area contributed by atoms with Crippen LogP contribution in [-0.4, -0.2) is 39.7 Å². The molecule has 1 heterocycles. The summed E-state index contributed by atoms with van der Waals surface area (Å²) < 4.78 is 28.7. The van der Waals surface area contributed by atoms with E-state index in [-0.39, 0.29) is 6.54 Å². The van der Waals surface area contributed by atoms with Gasteiger partial charge in [0, 0.05) is 11.4 Å². The molecule has 3 N–H and O–H groups in total. The van der Waals surface area contributed by atoms with Gasteiger partial charge in [0.1, 0.15) is 4.88 Å². The van der Waals surface area contributed by atoms with Gasteiger partial charge < -0.3 is 10.5 Å². The Morgan fingerprint density at radius 3 is 2.68 bits per heavy atom. The summed E-state index contributed by atoms with van der Waals surface area (Å²) in [4.78, 5) is 23.1. The van der Waals surface area contributed by atoms with E-state index in [1.165, 1.54) is 11.3 Å². The van der Waals surface area contributed by atoms with Gasteiger partial charge in [0.25, 0.3) is 5.91 Å². The number of hydrogen-bond acceptors (Lipinski definition) is 6. The molecule has 0 aliphatic rings. The highest BCUT2D eigenvalue weighted by Gasteiger charge is 2.12. The van der Waals surface area contributed by atoms with Crippen LogP contribution in [0.3, 0.4) is 0 Å². The van der Waals surface area contributed by atoms with Crippen molar-refractivity contribution in [2.75, 3.05) is 19.4 Å². The minimum Gasteiger partial charge on any atom is -0.451 e. The number of sulfonamides is 1. The van der Waals surface area contributed by atoms with Crippen molar-refractivity contribution in [3.8, 4) is 0 Å². The topological polar surface area (TPSA) is 116 Å². The Labute approximate surface area is 114 Å². The number of carbonyl (C=O) groups is 2. The largest absolute Gasteiger partial charge is 0.451 e. The van der Waals surface area contributed by atoms with Crippen LogP contribution >= 0.6 is 11.3 Å². The number of amides is 1. The molecule has 0 aromatic carbocycles. The summed E-state index contributed by atoms with van der Waals surface area (Å²) in [5.74, 6) is -1.34. The molecule has 0 saturated heterocycles. The standard InChI is InChI=1S/C10H14N2O5S2/c1-19(15,16)12-5-4-7-2-3-8(18-7)10(14)17-6-9(11)13/h2-3,12H,4-6H2,1H3,(H2,11,13). The van der Waals surface area contributed by atoms with E-state index in [1.807, 2.05) is 0 Å². The van der Waals surface area contributed by atoms with Crippen LogP contribution in [0.15, 0.2) is 12.1 Å². The Balaban J connectivity index is 2.48. The molecule has 0 radical (unpaired) electrons. The van der Waals surface area contributed by atoms with Crippen LogP contribution in [0, 0.1) is 0 Å². The first-order valence-corrected chi connectivity index (χ1v) is 7.97. The third-order valence-electron chi connectivity index (χ3n) is 1.94. The fourth-order valence-electron chi connectivity index (χ4n) is 1.19. The van der Waals surface area contributed by atoms with E-state index in [4.69, 9.17) is 5.73 Å². The summed E-state index contributed by atoms with van der Waals surface area (Å²) in [6.45, 7) is -0.198. The van der Waals surface area contributed by atoms with Gasteiger partial charge in [-0.25, -0.2) is 17.9 Å². The molecular weight excluding hydrogens is 292 g/mol. The van der Waals surface area contributed by atoms with E-state index in [0.29, 0.717) is 11.3 Å². The second kappa shape index (κ2) is 6.64. The summed E-state index contributed by atoms with van der Waals surface area (Å²) in [7, 11) is -3.21. The molecule has 1 amide bonds. The maximum atomic E-state index is 11.5. The average Bonchev–Trinajstić information content (AvgIpc) is 2.72. The van der Waals surface area contributed by atoms with Crippen molar-refractivity contribution in [2.45, 2.75) is 6.42 Å². The lowest BCUT2D eigenvalue weighted by Gasteiger charge is -2.00. The SMILES string of the molecule is CS(=O)(=O)NCCc1ccc(C(=O)OCC(N)=O)s1. The lowest BCUT2D eigenvalue weighted by atomic mass is 10.3. The van der Waals surface area contributed by atoms with Crippen LogP contribution in [0.4, 0.5) is 0 Å². The monoisotopic (exact) mass is 306 g/mol. The number of carbonyl (C=O) groups excluding carboxylic acids is 2. The number of hydrogen-bond donors (Lipinski definition) is 2. The Morgan fingerprint density at radius 1 is 1.42 bits per heavy atom. The van der Waals surface area contributed by atoms with Gasteiger partial charge in [-0.15, -0.1) is 11.3 Å². The summed E-state index contributed by atoms with van der Waals surface area (Å²) >= 11 is 1.18. The van der Waals surface area contributed by atoms with Crippen LogP contribution in [-0.2, 0) is 26.0 Å². The normalized spacial score (nSPS) is 11.2. The first-order chi connectivity index (χ1) is 8.78. The third kappa shape index (κ3) is 6.32.